The Morgan fingerprint density at radius 1 is 1.04 bits per heavy atom. The molecule has 3 fully saturated rings. The fourth-order valence-corrected chi connectivity index (χ4v) is 4.71. The number of para-hydroxylation sites is 1. The molecule has 0 radical (unpaired) electrons. The van der Waals surface area contributed by atoms with Gasteiger partial charge in [-0.15, -0.1) is 0 Å². The van der Waals surface area contributed by atoms with Gasteiger partial charge in [0.2, 0.25) is 0 Å². The lowest BCUT2D eigenvalue weighted by Crippen LogP contribution is -2.49. The molecule has 3 atom stereocenters. The molecule has 2 heterocycles. The summed E-state index contributed by atoms with van der Waals surface area (Å²) in [6.45, 7) is 3.42. The number of piperazine rings is 1. The molecule has 1 saturated carbocycles. The number of aliphatic hydroxyl groups excluding tert-OH is 1. The minimum absolute atomic E-state index is 0.351. The number of nitrogens with zero attached hydrogens (tertiary/aromatic N) is 2. The molecule has 2 saturated heterocycles. The Bertz CT molecular complexity index is 518. The Hall–Kier alpha value is -1.10. The monoisotopic (exact) mass is 330 g/mol. The van der Waals surface area contributed by atoms with Gasteiger partial charge in [-0.1, -0.05) is 37.5 Å². The Labute approximate surface area is 145 Å². The molecule has 0 spiro atoms. The van der Waals surface area contributed by atoms with Crippen LogP contribution in [0.2, 0.25) is 0 Å². The first-order valence-corrected chi connectivity index (χ1v) is 9.65. The van der Waals surface area contributed by atoms with Crippen LogP contribution in [0.4, 0.5) is 5.69 Å². The van der Waals surface area contributed by atoms with Gasteiger partial charge in [0.1, 0.15) is 0 Å². The van der Waals surface area contributed by atoms with Gasteiger partial charge >= 0.3 is 0 Å². The highest BCUT2D eigenvalue weighted by Crippen LogP contribution is 2.34. The van der Waals surface area contributed by atoms with Crippen LogP contribution in [0.5, 0.6) is 0 Å². The van der Waals surface area contributed by atoms with Crippen molar-refractivity contribution in [3.63, 3.8) is 0 Å². The number of likely N-dealkylation sites (tertiary alicyclic amines) is 1. The first kappa shape index (κ1) is 16.4. The molecule has 1 aliphatic carbocycles. The van der Waals surface area contributed by atoms with Crippen LogP contribution in [0.3, 0.4) is 0 Å². The zero-order valence-electron chi connectivity index (χ0n) is 14.5. The highest BCUT2D eigenvalue weighted by molar-refractivity contribution is 5.49. The standard InChI is InChI=1S/C20H30N2O2/c23-19(15-24-20-9-5-2-6-10-20)14-21-12-18-11-17(21)13-22(18)16-7-3-1-4-8-16/h1,3-4,7-8,17-20,23H,2,5-6,9-15H2/t17-,18-,19?/m0/s1. The van der Waals surface area contributed by atoms with Crippen LogP contribution in [0, 0.1) is 0 Å². The number of ether oxygens (including phenoxy) is 1. The smallest absolute Gasteiger partial charge is 0.0900 e. The minimum Gasteiger partial charge on any atom is -0.389 e. The Balaban J connectivity index is 1.23. The quantitative estimate of drug-likeness (QED) is 0.870. The van der Waals surface area contributed by atoms with E-state index in [2.05, 4.69) is 40.1 Å². The molecule has 4 heteroatoms. The van der Waals surface area contributed by atoms with E-state index in [9.17, 15) is 5.11 Å². The van der Waals surface area contributed by atoms with Gasteiger partial charge in [0.05, 0.1) is 18.8 Å². The van der Waals surface area contributed by atoms with Gasteiger partial charge in [-0.25, -0.2) is 0 Å². The molecule has 132 valence electrons. The summed E-state index contributed by atoms with van der Waals surface area (Å²) in [7, 11) is 0. The predicted octanol–water partition coefficient (Wildman–Crippen LogP) is 2.66. The van der Waals surface area contributed by atoms with Gasteiger partial charge in [0, 0.05) is 37.4 Å². The van der Waals surface area contributed by atoms with E-state index in [-0.39, 0.29) is 6.10 Å². The van der Waals surface area contributed by atoms with Crippen molar-refractivity contribution in [1.29, 1.82) is 0 Å². The van der Waals surface area contributed by atoms with Crippen molar-refractivity contribution in [2.24, 2.45) is 0 Å². The molecule has 0 aromatic heterocycles. The van der Waals surface area contributed by atoms with E-state index >= 15 is 0 Å². The van der Waals surface area contributed by atoms with Gasteiger partial charge in [-0.05, 0) is 31.4 Å². The summed E-state index contributed by atoms with van der Waals surface area (Å²) in [4.78, 5) is 5.01. The third-order valence-corrected chi connectivity index (χ3v) is 5.96. The second-order valence-corrected chi connectivity index (χ2v) is 7.73. The molecule has 1 unspecified atom stereocenters. The van der Waals surface area contributed by atoms with Crippen LogP contribution in [0.25, 0.3) is 0 Å². The third-order valence-electron chi connectivity index (χ3n) is 5.96. The Morgan fingerprint density at radius 3 is 2.54 bits per heavy atom. The number of benzene rings is 1. The van der Waals surface area contributed by atoms with Crippen LogP contribution in [-0.4, -0.2) is 60.5 Å². The average molecular weight is 330 g/mol. The SMILES string of the molecule is OC(COC1CCCCC1)CN1C[C@@H]2C[C@H]1CN2c1ccccc1. The van der Waals surface area contributed by atoms with Crippen molar-refractivity contribution in [2.45, 2.75) is 62.8 Å². The number of anilines is 1. The zero-order valence-corrected chi connectivity index (χ0v) is 14.5. The highest BCUT2D eigenvalue weighted by Gasteiger charge is 2.43. The summed E-state index contributed by atoms with van der Waals surface area (Å²) < 4.78 is 5.94. The second kappa shape index (κ2) is 7.42. The maximum Gasteiger partial charge on any atom is 0.0900 e. The van der Waals surface area contributed by atoms with E-state index in [0.717, 1.165) is 19.6 Å². The summed E-state index contributed by atoms with van der Waals surface area (Å²) in [6.07, 6.45) is 7.52. The van der Waals surface area contributed by atoms with Crippen molar-refractivity contribution in [3.05, 3.63) is 30.3 Å². The van der Waals surface area contributed by atoms with E-state index in [0.29, 0.717) is 24.8 Å². The van der Waals surface area contributed by atoms with Crippen LogP contribution < -0.4 is 4.90 Å². The maximum absolute atomic E-state index is 10.4. The lowest BCUT2D eigenvalue weighted by molar-refractivity contribution is -0.0348. The number of rotatable bonds is 6. The molecule has 3 aliphatic rings. The number of hydrogen-bond donors (Lipinski definition) is 1. The molecular formula is C20H30N2O2. The number of hydrogen-bond acceptors (Lipinski definition) is 4. The number of aliphatic hydroxyl groups is 1. The number of fused-ring (bicyclic) bond motifs is 2. The fourth-order valence-electron chi connectivity index (χ4n) is 4.71. The summed E-state index contributed by atoms with van der Waals surface area (Å²) in [5.41, 5.74) is 1.34. The van der Waals surface area contributed by atoms with Crippen molar-refractivity contribution >= 4 is 5.69 Å². The van der Waals surface area contributed by atoms with Crippen molar-refractivity contribution in [3.8, 4) is 0 Å². The minimum atomic E-state index is -0.351. The van der Waals surface area contributed by atoms with Crippen LogP contribution in [0.15, 0.2) is 30.3 Å². The first-order chi connectivity index (χ1) is 11.8. The topological polar surface area (TPSA) is 35.9 Å². The second-order valence-electron chi connectivity index (χ2n) is 7.73. The molecule has 1 N–H and O–H groups in total. The van der Waals surface area contributed by atoms with Crippen LogP contribution in [-0.2, 0) is 4.74 Å². The zero-order chi connectivity index (χ0) is 16.4. The summed E-state index contributed by atoms with van der Waals surface area (Å²) in [5, 5.41) is 10.4. The lowest BCUT2D eigenvalue weighted by Gasteiger charge is -2.36. The predicted molar refractivity (Wildman–Crippen MR) is 96.4 cm³/mol. The summed E-state index contributed by atoms with van der Waals surface area (Å²) in [6, 6.07) is 11.9. The normalized spacial score (nSPS) is 29.3. The van der Waals surface area contributed by atoms with Gasteiger partial charge in [-0.3, -0.25) is 4.90 Å². The third kappa shape index (κ3) is 3.61. The lowest BCUT2D eigenvalue weighted by atomic mass is 9.98. The highest BCUT2D eigenvalue weighted by atomic mass is 16.5. The molecule has 4 nitrogen and oxygen atoms in total. The summed E-state index contributed by atoms with van der Waals surface area (Å²) >= 11 is 0. The van der Waals surface area contributed by atoms with E-state index in [1.54, 1.807) is 0 Å². The van der Waals surface area contributed by atoms with Gasteiger partial charge in [0.15, 0.2) is 0 Å². The van der Waals surface area contributed by atoms with E-state index in [1.807, 2.05) is 0 Å². The van der Waals surface area contributed by atoms with E-state index in [4.69, 9.17) is 4.74 Å². The summed E-state index contributed by atoms with van der Waals surface area (Å²) in [5.74, 6) is 0. The van der Waals surface area contributed by atoms with Crippen LogP contribution >= 0.6 is 0 Å². The molecule has 2 bridgehead atoms. The number of β-amino-alcohol motifs (C(OH)–C–C–N with tert-alkyl or cyclic N) is 1. The molecule has 24 heavy (non-hydrogen) atoms. The van der Waals surface area contributed by atoms with E-state index < -0.39 is 0 Å². The van der Waals surface area contributed by atoms with Crippen LogP contribution in [0.1, 0.15) is 38.5 Å². The molecule has 1 aromatic carbocycles. The first-order valence-electron chi connectivity index (χ1n) is 9.65. The maximum atomic E-state index is 10.4. The fraction of sp³-hybridized carbons (Fsp3) is 0.700. The molecule has 0 amide bonds. The van der Waals surface area contributed by atoms with Gasteiger partial charge in [0.25, 0.3) is 0 Å². The van der Waals surface area contributed by atoms with Crippen molar-refractivity contribution < 1.29 is 9.84 Å². The molecule has 4 rings (SSSR count). The molecule has 1 aromatic rings. The van der Waals surface area contributed by atoms with Gasteiger partial charge < -0.3 is 14.7 Å². The molecular weight excluding hydrogens is 300 g/mol. The van der Waals surface area contributed by atoms with E-state index in [1.165, 1.54) is 44.2 Å². The van der Waals surface area contributed by atoms with Gasteiger partial charge in [-0.2, -0.15) is 0 Å². The molecule has 2 aliphatic heterocycles. The largest absolute Gasteiger partial charge is 0.389 e. The van der Waals surface area contributed by atoms with Crippen molar-refractivity contribution in [1.82, 2.24) is 4.90 Å². The van der Waals surface area contributed by atoms with Crippen molar-refractivity contribution in [2.75, 3.05) is 31.1 Å². The Morgan fingerprint density at radius 2 is 1.83 bits per heavy atom. The Kier molecular flexibility index (Phi) is 5.06. The average Bonchev–Trinajstić information content (AvgIpc) is 3.22.